The summed E-state index contributed by atoms with van der Waals surface area (Å²) in [5.41, 5.74) is -2.50. The number of rotatable bonds is 13. The van der Waals surface area contributed by atoms with Gasteiger partial charge in [-0.25, -0.2) is 23.0 Å². The smallest absolute Gasteiger partial charge is 0.408 e. The van der Waals surface area contributed by atoms with Crippen molar-refractivity contribution in [2.45, 2.75) is 119 Å². The predicted molar refractivity (Wildman–Crippen MR) is 200 cm³/mol. The molecule has 5 amide bonds. The van der Waals surface area contributed by atoms with Crippen LogP contribution in [-0.4, -0.2) is 126 Å². The highest BCUT2D eigenvalue weighted by atomic mass is 32.2. The molecule has 5 aliphatic rings. The Kier molecular flexibility index (Phi) is 10.5. The number of nitrogens with one attached hydrogen (secondary N) is 3. The number of sulfonamides is 1. The molecule has 2 bridgehead atoms. The molecule has 7 atom stereocenters. The third-order valence-corrected chi connectivity index (χ3v) is 12.9. The number of carbonyl (C=O) groups excluding carboxylic acids is 6. The van der Waals surface area contributed by atoms with E-state index in [1.165, 1.54) is 9.80 Å². The molecule has 5 fully saturated rings. The Bertz CT molecular complexity index is 2100. The molecule has 7 rings (SSSR count). The molecule has 1 aromatic carbocycles. The standard InChI is InChI=1S/C38H48N6O12S/c1-6-21-17-38(21,35(49)42-57(51,52)25-8-9-25)41-31(46)28-14-23(54-32-26-10-7-22(53-5)13-20(26)11-12-39-32)19-44(28)33(47)27(40-36(50)56-37(2,3)4)16-30(45)43-18-24-15-29(43)34(48)55-24/h7,10-13,21,23-25,27-29H,6,8-9,14-19H2,1-5H3,(H,40,50)(H,41,46)(H,42,49)/t21-,23-,24-,27+,28+,29-,38-/m1/s1. The third kappa shape index (κ3) is 8.29. The van der Waals surface area contributed by atoms with E-state index in [2.05, 4.69) is 20.3 Å². The van der Waals surface area contributed by atoms with Crippen LogP contribution >= 0.6 is 0 Å². The van der Waals surface area contributed by atoms with Crippen LogP contribution in [0.15, 0.2) is 30.5 Å². The van der Waals surface area contributed by atoms with Gasteiger partial charge in [0.1, 0.15) is 47.2 Å². The minimum Gasteiger partial charge on any atom is -0.497 e. The summed E-state index contributed by atoms with van der Waals surface area (Å²) >= 11 is 0. The predicted octanol–water partition coefficient (Wildman–Crippen LogP) is 1.29. The molecule has 1 aromatic heterocycles. The van der Waals surface area contributed by atoms with E-state index in [9.17, 15) is 37.2 Å². The normalized spacial score (nSPS) is 27.0. The highest BCUT2D eigenvalue weighted by molar-refractivity contribution is 7.91. The second-order valence-electron chi connectivity index (χ2n) is 16.4. The van der Waals surface area contributed by atoms with Crippen LogP contribution in [0.2, 0.25) is 0 Å². The van der Waals surface area contributed by atoms with Crippen LogP contribution in [0, 0.1) is 5.92 Å². The number of morpholine rings is 1. The fourth-order valence-electron chi connectivity index (χ4n) is 7.94. The van der Waals surface area contributed by atoms with Gasteiger partial charge in [-0.1, -0.05) is 13.3 Å². The number of amides is 5. The molecule has 0 unspecified atom stereocenters. The molecule has 2 saturated carbocycles. The number of methoxy groups -OCH3 is 1. The molecule has 0 spiro atoms. The lowest BCUT2D eigenvalue weighted by molar-refractivity contribution is -0.157. The van der Waals surface area contributed by atoms with Crippen molar-refractivity contribution in [1.82, 2.24) is 30.1 Å². The summed E-state index contributed by atoms with van der Waals surface area (Å²) in [4.78, 5) is 88.8. The number of nitrogens with zero attached hydrogens (tertiary/aromatic N) is 3. The Morgan fingerprint density at radius 3 is 2.46 bits per heavy atom. The highest BCUT2D eigenvalue weighted by Gasteiger charge is 2.62. The van der Waals surface area contributed by atoms with Crippen LogP contribution < -0.4 is 24.8 Å². The molecule has 18 nitrogen and oxygen atoms in total. The van der Waals surface area contributed by atoms with Crippen molar-refractivity contribution in [3.05, 3.63) is 30.5 Å². The number of aromatic nitrogens is 1. The van der Waals surface area contributed by atoms with Gasteiger partial charge >= 0.3 is 12.1 Å². The van der Waals surface area contributed by atoms with Gasteiger partial charge in [0.15, 0.2) is 0 Å². The lowest BCUT2D eigenvalue weighted by Gasteiger charge is -2.32. The summed E-state index contributed by atoms with van der Waals surface area (Å²) in [6, 6.07) is 3.42. The van der Waals surface area contributed by atoms with E-state index in [-0.39, 0.29) is 37.7 Å². The van der Waals surface area contributed by atoms with Crippen LogP contribution in [0.5, 0.6) is 11.6 Å². The molecule has 2 aliphatic carbocycles. The summed E-state index contributed by atoms with van der Waals surface area (Å²) in [7, 11) is -2.39. The molecule has 3 aliphatic heterocycles. The number of hydrogen-bond donors (Lipinski definition) is 3. The van der Waals surface area contributed by atoms with Crippen molar-refractivity contribution in [3.63, 3.8) is 0 Å². The molecule has 19 heteroatoms. The number of pyridine rings is 1. The number of fused-ring (bicyclic) bond motifs is 3. The SMILES string of the molecule is CC[C@@H]1C[C@]1(NC(=O)[C@@H]1C[C@@H](Oc2nccc3cc(OC)ccc23)CN1C(=O)[C@H](CC(=O)N1C[C@H]2C[C@@H]1C(=O)O2)NC(=O)OC(C)(C)C)C(=O)NS(=O)(=O)C1CC1. The number of ether oxygens (including phenoxy) is 4. The average molecular weight is 813 g/mol. The van der Waals surface area contributed by atoms with Crippen LogP contribution in [0.4, 0.5) is 4.79 Å². The molecule has 2 aromatic rings. The Morgan fingerprint density at radius 2 is 1.82 bits per heavy atom. The van der Waals surface area contributed by atoms with E-state index < -0.39 is 98.9 Å². The van der Waals surface area contributed by atoms with Gasteiger partial charge in [0, 0.05) is 24.4 Å². The summed E-state index contributed by atoms with van der Waals surface area (Å²) in [5, 5.41) is 6.02. The van der Waals surface area contributed by atoms with Gasteiger partial charge in [-0.05, 0) is 75.6 Å². The van der Waals surface area contributed by atoms with E-state index in [0.29, 0.717) is 36.8 Å². The zero-order valence-electron chi connectivity index (χ0n) is 32.4. The van der Waals surface area contributed by atoms with E-state index in [4.69, 9.17) is 18.9 Å². The maximum atomic E-state index is 14.7. The van der Waals surface area contributed by atoms with Crippen LogP contribution in [0.1, 0.15) is 72.6 Å². The molecule has 308 valence electrons. The van der Waals surface area contributed by atoms with E-state index >= 15 is 0 Å². The first-order valence-corrected chi connectivity index (χ1v) is 20.7. The van der Waals surface area contributed by atoms with Gasteiger partial charge in [-0.3, -0.25) is 23.9 Å². The lowest BCUT2D eigenvalue weighted by atomic mass is 10.1. The van der Waals surface area contributed by atoms with Crippen LogP contribution in [-0.2, 0) is 43.5 Å². The van der Waals surface area contributed by atoms with Crippen molar-refractivity contribution in [2.24, 2.45) is 5.92 Å². The monoisotopic (exact) mass is 812 g/mol. The summed E-state index contributed by atoms with van der Waals surface area (Å²) in [6.45, 7) is 6.65. The molecule has 3 N–H and O–H groups in total. The summed E-state index contributed by atoms with van der Waals surface area (Å²) in [5.74, 6) is -3.09. The maximum Gasteiger partial charge on any atom is 0.408 e. The maximum absolute atomic E-state index is 14.7. The third-order valence-electron chi connectivity index (χ3n) is 11.1. The lowest BCUT2D eigenvalue weighted by Crippen LogP contribution is -2.59. The zero-order valence-corrected chi connectivity index (χ0v) is 33.3. The molecular formula is C38H48N6O12S. The number of esters is 1. The van der Waals surface area contributed by atoms with Crippen LogP contribution in [0.3, 0.4) is 0 Å². The topological polar surface area (TPSA) is 229 Å². The van der Waals surface area contributed by atoms with Gasteiger partial charge in [0.05, 0.1) is 31.9 Å². The number of benzene rings is 1. The fourth-order valence-corrected chi connectivity index (χ4v) is 9.31. The number of carbonyl (C=O) groups is 6. The molecular weight excluding hydrogens is 765 g/mol. The fraction of sp³-hybridized carbons (Fsp3) is 0.605. The van der Waals surface area contributed by atoms with Crippen molar-refractivity contribution in [2.75, 3.05) is 20.2 Å². The van der Waals surface area contributed by atoms with Crippen molar-refractivity contribution < 1.29 is 56.1 Å². The minimum absolute atomic E-state index is 0.0878. The summed E-state index contributed by atoms with van der Waals surface area (Å²) < 4.78 is 50.1. The first kappa shape index (κ1) is 40.0. The molecule has 57 heavy (non-hydrogen) atoms. The van der Waals surface area contributed by atoms with Crippen molar-refractivity contribution in [3.8, 4) is 11.6 Å². The first-order chi connectivity index (χ1) is 26.9. The molecule has 3 saturated heterocycles. The zero-order chi connectivity index (χ0) is 41.0. The number of hydrogen-bond acceptors (Lipinski definition) is 13. The van der Waals surface area contributed by atoms with Gasteiger partial charge in [0.2, 0.25) is 33.6 Å². The second-order valence-corrected chi connectivity index (χ2v) is 18.4. The minimum atomic E-state index is -3.93. The second kappa shape index (κ2) is 14.9. The number of likely N-dealkylation sites (tertiary alicyclic amines) is 2. The number of alkyl carbamates (subject to hydrolysis) is 1. The first-order valence-electron chi connectivity index (χ1n) is 19.2. The van der Waals surface area contributed by atoms with E-state index in [1.54, 1.807) is 58.3 Å². The van der Waals surface area contributed by atoms with Crippen LogP contribution in [0.25, 0.3) is 10.8 Å². The average Bonchev–Trinajstić information content (AvgIpc) is 4.00. The Morgan fingerprint density at radius 1 is 1.07 bits per heavy atom. The Labute approximate surface area is 329 Å². The molecule has 4 heterocycles. The van der Waals surface area contributed by atoms with E-state index in [1.807, 2.05) is 6.92 Å². The van der Waals surface area contributed by atoms with Gasteiger partial charge in [0.25, 0.3) is 5.91 Å². The highest BCUT2D eigenvalue weighted by Crippen LogP contribution is 2.47. The molecule has 0 radical (unpaired) electrons. The Balaban J connectivity index is 1.18. The van der Waals surface area contributed by atoms with Gasteiger partial charge in [-0.2, -0.15) is 0 Å². The quantitative estimate of drug-likeness (QED) is 0.243. The Hall–Kier alpha value is -5.20. The van der Waals surface area contributed by atoms with E-state index in [0.717, 1.165) is 5.39 Å². The van der Waals surface area contributed by atoms with Gasteiger partial charge in [-0.15, -0.1) is 0 Å². The largest absolute Gasteiger partial charge is 0.497 e. The van der Waals surface area contributed by atoms with Gasteiger partial charge < -0.3 is 39.4 Å². The summed E-state index contributed by atoms with van der Waals surface area (Å²) in [6.07, 6.45) is 0.424. The van der Waals surface area contributed by atoms with Crippen molar-refractivity contribution >= 4 is 56.5 Å². The van der Waals surface area contributed by atoms with Crippen molar-refractivity contribution in [1.29, 1.82) is 0 Å².